The summed E-state index contributed by atoms with van der Waals surface area (Å²) in [6.45, 7) is 11.6. The van der Waals surface area contributed by atoms with E-state index < -0.39 is 0 Å². The van der Waals surface area contributed by atoms with E-state index in [1.54, 1.807) is 0 Å². The highest BCUT2D eigenvalue weighted by atomic mass is 16.2. The second-order valence-electron chi connectivity index (χ2n) is 8.92. The van der Waals surface area contributed by atoms with Gasteiger partial charge in [-0.1, -0.05) is 43.7 Å². The van der Waals surface area contributed by atoms with E-state index >= 15 is 0 Å². The van der Waals surface area contributed by atoms with Gasteiger partial charge in [-0.25, -0.2) is 0 Å². The molecule has 154 valence electrons. The molecule has 1 saturated carbocycles. The summed E-state index contributed by atoms with van der Waals surface area (Å²) in [7, 11) is 0. The highest BCUT2D eigenvalue weighted by Crippen LogP contribution is 2.43. The van der Waals surface area contributed by atoms with E-state index in [-0.39, 0.29) is 11.3 Å². The van der Waals surface area contributed by atoms with Crippen molar-refractivity contribution in [1.29, 1.82) is 0 Å². The Hall–Kier alpha value is -1.43. The summed E-state index contributed by atoms with van der Waals surface area (Å²) in [5.41, 5.74) is 1.55. The Morgan fingerprint density at radius 3 is 2.46 bits per heavy atom. The number of carbonyl (C=O) groups is 1. The molecule has 1 N–H and O–H groups in total. The number of amides is 1. The molecule has 0 bridgehead atoms. The molecule has 2 aliphatic heterocycles. The first-order valence-corrected chi connectivity index (χ1v) is 11.2. The summed E-state index contributed by atoms with van der Waals surface area (Å²) in [6, 6.07) is 11.4. The van der Waals surface area contributed by atoms with Crippen molar-refractivity contribution in [3.05, 3.63) is 35.9 Å². The van der Waals surface area contributed by atoms with Gasteiger partial charge in [0.25, 0.3) is 0 Å². The number of nitrogens with zero attached hydrogens (tertiary/aromatic N) is 3. The Bertz CT molecular complexity index is 637. The quantitative estimate of drug-likeness (QED) is 0.780. The Labute approximate surface area is 170 Å². The predicted molar refractivity (Wildman–Crippen MR) is 114 cm³/mol. The number of rotatable bonds is 7. The third kappa shape index (κ3) is 4.42. The molecule has 5 nitrogen and oxygen atoms in total. The van der Waals surface area contributed by atoms with Gasteiger partial charge >= 0.3 is 0 Å². The van der Waals surface area contributed by atoms with Crippen LogP contribution in [0.3, 0.4) is 0 Å². The molecule has 0 radical (unpaired) electrons. The van der Waals surface area contributed by atoms with E-state index in [4.69, 9.17) is 0 Å². The van der Waals surface area contributed by atoms with Crippen LogP contribution in [0.4, 0.5) is 0 Å². The van der Waals surface area contributed by atoms with Gasteiger partial charge in [0.05, 0.1) is 6.54 Å². The van der Waals surface area contributed by atoms with Crippen molar-refractivity contribution >= 4 is 5.91 Å². The highest BCUT2D eigenvalue weighted by molar-refractivity contribution is 5.78. The molecule has 3 fully saturated rings. The Morgan fingerprint density at radius 2 is 1.82 bits per heavy atom. The van der Waals surface area contributed by atoms with Gasteiger partial charge in [-0.15, -0.1) is 0 Å². The fourth-order valence-electron chi connectivity index (χ4n) is 5.19. The van der Waals surface area contributed by atoms with Crippen LogP contribution < -0.4 is 5.32 Å². The van der Waals surface area contributed by atoms with Crippen molar-refractivity contribution in [1.82, 2.24) is 20.0 Å². The minimum atomic E-state index is 0.170. The standard InChI is InChI=1S/C23H36N4O/c1-2-25-13-15-27(16-14-25)21-9-12-26(17-21)18-22(28)24-19-23(10-6-11-23)20-7-4-3-5-8-20/h3-5,7-8,21H,2,6,9-19H2,1H3,(H,24,28)/t21-/m1/s1. The average Bonchev–Trinajstić information content (AvgIpc) is 3.16. The lowest BCUT2D eigenvalue weighted by atomic mass is 9.64. The number of likely N-dealkylation sites (N-methyl/N-ethyl adjacent to an activating group) is 1. The molecule has 5 heteroatoms. The van der Waals surface area contributed by atoms with Crippen molar-refractivity contribution in [3.63, 3.8) is 0 Å². The smallest absolute Gasteiger partial charge is 0.234 e. The number of piperazine rings is 1. The summed E-state index contributed by atoms with van der Waals surface area (Å²) in [5, 5.41) is 3.26. The fraction of sp³-hybridized carbons (Fsp3) is 0.696. The van der Waals surface area contributed by atoms with Crippen LogP contribution in [0.15, 0.2) is 30.3 Å². The Kier molecular flexibility index (Phi) is 6.34. The first kappa shape index (κ1) is 19.9. The van der Waals surface area contributed by atoms with E-state index in [1.807, 2.05) is 0 Å². The number of hydrogen-bond donors (Lipinski definition) is 1. The van der Waals surface area contributed by atoms with Crippen molar-refractivity contribution < 1.29 is 4.79 Å². The molecule has 1 aromatic rings. The van der Waals surface area contributed by atoms with Crippen LogP contribution in [0.2, 0.25) is 0 Å². The molecule has 0 aromatic heterocycles. The SMILES string of the molecule is CCN1CCN([C@@H]2CCN(CC(=O)NCC3(c4ccccc4)CCC3)C2)CC1. The van der Waals surface area contributed by atoms with Crippen molar-refractivity contribution in [2.45, 2.75) is 44.1 Å². The molecule has 0 spiro atoms. The normalized spacial score (nSPS) is 26.1. The fourth-order valence-corrected chi connectivity index (χ4v) is 5.19. The van der Waals surface area contributed by atoms with Gasteiger partial charge in [-0.3, -0.25) is 14.6 Å². The zero-order valence-corrected chi connectivity index (χ0v) is 17.4. The van der Waals surface area contributed by atoms with E-state index in [2.05, 4.69) is 57.3 Å². The van der Waals surface area contributed by atoms with Gasteiger partial charge in [0.1, 0.15) is 0 Å². The molecule has 2 saturated heterocycles. The number of likely N-dealkylation sites (tertiary alicyclic amines) is 1. The maximum absolute atomic E-state index is 12.6. The van der Waals surface area contributed by atoms with Gasteiger partial charge in [0.15, 0.2) is 0 Å². The first-order valence-electron chi connectivity index (χ1n) is 11.2. The van der Waals surface area contributed by atoms with Crippen LogP contribution in [0.5, 0.6) is 0 Å². The summed E-state index contributed by atoms with van der Waals surface area (Å²) in [4.78, 5) is 20.1. The third-order valence-corrected chi connectivity index (χ3v) is 7.31. The lowest BCUT2D eigenvalue weighted by molar-refractivity contribution is -0.122. The first-order chi connectivity index (χ1) is 13.7. The molecular formula is C23H36N4O. The summed E-state index contributed by atoms with van der Waals surface area (Å²) >= 11 is 0. The Balaban J connectivity index is 1.22. The lowest BCUT2D eigenvalue weighted by Gasteiger charge is -2.42. The average molecular weight is 385 g/mol. The summed E-state index contributed by atoms with van der Waals surface area (Å²) < 4.78 is 0. The van der Waals surface area contributed by atoms with E-state index in [0.717, 1.165) is 26.2 Å². The number of hydrogen-bond acceptors (Lipinski definition) is 4. The second-order valence-corrected chi connectivity index (χ2v) is 8.92. The number of benzene rings is 1. The van der Waals surface area contributed by atoms with Crippen molar-refractivity contribution in [2.75, 3.05) is 58.9 Å². The van der Waals surface area contributed by atoms with E-state index in [0.29, 0.717) is 12.6 Å². The minimum Gasteiger partial charge on any atom is -0.354 e. The van der Waals surface area contributed by atoms with Gasteiger partial charge in [0.2, 0.25) is 5.91 Å². The van der Waals surface area contributed by atoms with Crippen LogP contribution in [0.1, 0.15) is 38.2 Å². The van der Waals surface area contributed by atoms with Gasteiger partial charge in [-0.05, 0) is 31.4 Å². The largest absolute Gasteiger partial charge is 0.354 e. The topological polar surface area (TPSA) is 38.8 Å². The summed E-state index contributed by atoms with van der Waals surface area (Å²) in [5.74, 6) is 0.193. The Morgan fingerprint density at radius 1 is 1.07 bits per heavy atom. The van der Waals surface area contributed by atoms with Crippen LogP contribution >= 0.6 is 0 Å². The van der Waals surface area contributed by atoms with Crippen LogP contribution in [-0.2, 0) is 10.2 Å². The van der Waals surface area contributed by atoms with Crippen LogP contribution in [0.25, 0.3) is 0 Å². The molecule has 1 atom stereocenters. The van der Waals surface area contributed by atoms with Crippen LogP contribution in [0, 0.1) is 0 Å². The zero-order chi connectivity index (χ0) is 19.4. The lowest BCUT2D eigenvalue weighted by Crippen LogP contribution is -2.51. The molecule has 1 amide bonds. The van der Waals surface area contributed by atoms with Gasteiger partial charge in [0, 0.05) is 57.3 Å². The third-order valence-electron chi connectivity index (χ3n) is 7.31. The molecule has 3 aliphatic rings. The summed E-state index contributed by atoms with van der Waals surface area (Å²) in [6.07, 6.45) is 4.84. The van der Waals surface area contributed by atoms with Crippen molar-refractivity contribution in [3.8, 4) is 0 Å². The van der Waals surface area contributed by atoms with E-state index in [9.17, 15) is 4.79 Å². The maximum atomic E-state index is 12.6. The minimum absolute atomic E-state index is 0.170. The molecule has 2 heterocycles. The number of nitrogens with one attached hydrogen (secondary N) is 1. The molecular weight excluding hydrogens is 348 g/mol. The van der Waals surface area contributed by atoms with Gasteiger partial charge in [-0.2, -0.15) is 0 Å². The molecule has 1 aromatic carbocycles. The monoisotopic (exact) mass is 384 g/mol. The van der Waals surface area contributed by atoms with Crippen molar-refractivity contribution in [2.24, 2.45) is 0 Å². The highest BCUT2D eigenvalue weighted by Gasteiger charge is 2.39. The predicted octanol–water partition coefficient (Wildman–Crippen LogP) is 1.94. The van der Waals surface area contributed by atoms with E-state index in [1.165, 1.54) is 57.4 Å². The maximum Gasteiger partial charge on any atom is 0.234 e. The van der Waals surface area contributed by atoms with Gasteiger partial charge < -0.3 is 10.2 Å². The molecule has 4 rings (SSSR count). The van der Waals surface area contributed by atoms with Crippen LogP contribution in [-0.4, -0.2) is 85.6 Å². The zero-order valence-electron chi connectivity index (χ0n) is 17.4. The number of carbonyl (C=O) groups excluding carboxylic acids is 1. The second kappa shape index (κ2) is 8.93. The molecule has 28 heavy (non-hydrogen) atoms. The molecule has 0 unspecified atom stereocenters. The molecule has 1 aliphatic carbocycles.